The molecule has 4 heterocycles. The number of pyridine rings is 1. The van der Waals surface area contributed by atoms with E-state index in [9.17, 15) is 18.0 Å². The van der Waals surface area contributed by atoms with Crippen LogP contribution in [-0.2, 0) is 6.18 Å². The average molecular weight is 473 g/mol. The Kier molecular flexibility index (Phi) is 5.73. The molecule has 0 unspecified atom stereocenters. The van der Waals surface area contributed by atoms with Crippen molar-refractivity contribution in [3.63, 3.8) is 0 Å². The summed E-state index contributed by atoms with van der Waals surface area (Å²) in [6.07, 6.45) is -3.71. The van der Waals surface area contributed by atoms with Gasteiger partial charge in [0, 0.05) is 32.4 Å². The molecule has 0 bridgehead atoms. The Morgan fingerprint density at radius 1 is 1.23 bits per heavy atom. The number of hydrogen-bond donors (Lipinski definition) is 0. The van der Waals surface area contributed by atoms with Gasteiger partial charge in [-0.15, -0.1) is 22.7 Å². The number of alkyl halides is 3. The Balaban J connectivity index is 1.44. The summed E-state index contributed by atoms with van der Waals surface area (Å²) >= 11 is 9.00. The summed E-state index contributed by atoms with van der Waals surface area (Å²) in [6, 6.07) is 4.79. The van der Waals surface area contributed by atoms with Crippen LogP contribution < -0.4 is 4.90 Å². The molecule has 0 spiro atoms. The van der Waals surface area contributed by atoms with Crippen molar-refractivity contribution in [2.45, 2.75) is 13.1 Å². The number of aryl methyl sites for hydroxylation is 1. The summed E-state index contributed by atoms with van der Waals surface area (Å²) in [5.74, 6) is 0.213. The maximum absolute atomic E-state index is 13.0. The van der Waals surface area contributed by atoms with E-state index >= 15 is 0 Å². The van der Waals surface area contributed by atoms with Crippen LogP contribution in [0.4, 0.5) is 19.0 Å². The number of rotatable bonds is 3. The van der Waals surface area contributed by atoms with Crippen LogP contribution >= 0.6 is 34.3 Å². The summed E-state index contributed by atoms with van der Waals surface area (Å²) in [7, 11) is 0. The summed E-state index contributed by atoms with van der Waals surface area (Å²) in [5, 5.41) is 2.74. The number of hydrogen-bond acceptors (Lipinski definition) is 6. The fourth-order valence-corrected chi connectivity index (χ4v) is 5.30. The third kappa shape index (κ3) is 4.17. The van der Waals surface area contributed by atoms with E-state index in [0.717, 1.165) is 22.1 Å². The van der Waals surface area contributed by atoms with Crippen LogP contribution in [0.1, 0.15) is 20.9 Å². The van der Waals surface area contributed by atoms with E-state index in [1.807, 2.05) is 24.4 Å². The van der Waals surface area contributed by atoms with Gasteiger partial charge in [-0.3, -0.25) is 4.79 Å². The van der Waals surface area contributed by atoms with Gasteiger partial charge in [-0.05, 0) is 24.4 Å². The molecule has 0 aromatic carbocycles. The lowest BCUT2D eigenvalue weighted by atomic mass is 10.2. The van der Waals surface area contributed by atoms with Crippen molar-refractivity contribution in [3.8, 4) is 9.88 Å². The van der Waals surface area contributed by atoms with Gasteiger partial charge in [0.05, 0.1) is 21.2 Å². The lowest BCUT2D eigenvalue weighted by Crippen LogP contribution is -2.49. The van der Waals surface area contributed by atoms with E-state index in [1.54, 1.807) is 21.1 Å². The lowest BCUT2D eigenvalue weighted by Gasteiger charge is -2.35. The van der Waals surface area contributed by atoms with Crippen molar-refractivity contribution >= 4 is 46.0 Å². The fourth-order valence-electron chi connectivity index (χ4n) is 3.18. The minimum Gasteiger partial charge on any atom is -0.352 e. The molecule has 30 heavy (non-hydrogen) atoms. The zero-order chi connectivity index (χ0) is 21.5. The second-order valence-corrected chi connectivity index (χ2v) is 9.07. The Morgan fingerprint density at radius 3 is 2.57 bits per heavy atom. The van der Waals surface area contributed by atoms with Crippen LogP contribution in [0.3, 0.4) is 0 Å². The Morgan fingerprint density at radius 2 is 1.97 bits per heavy atom. The maximum atomic E-state index is 13.0. The van der Waals surface area contributed by atoms with Crippen molar-refractivity contribution in [1.82, 2.24) is 14.9 Å². The largest absolute Gasteiger partial charge is 0.417 e. The van der Waals surface area contributed by atoms with E-state index in [-0.39, 0.29) is 10.9 Å². The Labute approximate surface area is 183 Å². The predicted octanol–water partition coefficient (Wildman–Crippen LogP) is 5.21. The average Bonchev–Trinajstić information content (AvgIpc) is 3.36. The number of amides is 1. The number of carbonyl (C=O) groups is 1. The first-order chi connectivity index (χ1) is 14.2. The molecule has 11 heteroatoms. The molecular formula is C19H16ClF3N4OS2. The molecule has 0 N–H and O–H groups in total. The zero-order valence-corrected chi connectivity index (χ0v) is 18.1. The molecule has 0 aliphatic carbocycles. The molecule has 1 saturated heterocycles. The Bertz CT molecular complexity index is 1060. The molecule has 0 atom stereocenters. The second-order valence-electron chi connectivity index (χ2n) is 6.72. The molecule has 5 nitrogen and oxygen atoms in total. The number of carbonyl (C=O) groups excluding carboxylic acids is 1. The molecule has 158 valence electrons. The van der Waals surface area contributed by atoms with E-state index in [4.69, 9.17) is 11.6 Å². The van der Waals surface area contributed by atoms with Gasteiger partial charge in [0.1, 0.15) is 15.7 Å². The zero-order valence-electron chi connectivity index (χ0n) is 15.7. The topological polar surface area (TPSA) is 49.3 Å². The monoisotopic (exact) mass is 472 g/mol. The van der Waals surface area contributed by atoms with Crippen molar-refractivity contribution < 1.29 is 18.0 Å². The van der Waals surface area contributed by atoms with Crippen LogP contribution in [0.15, 0.2) is 29.8 Å². The van der Waals surface area contributed by atoms with E-state index in [0.29, 0.717) is 42.6 Å². The number of aromatic nitrogens is 2. The van der Waals surface area contributed by atoms with Gasteiger partial charge in [-0.2, -0.15) is 13.2 Å². The first kappa shape index (κ1) is 21.1. The van der Waals surface area contributed by atoms with Gasteiger partial charge in [-0.1, -0.05) is 17.7 Å². The minimum absolute atomic E-state index is 0.0523. The number of nitrogens with zero attached hydrogens (tertiary/aromatic N) is 4. The van der Waals surface area contributed by atoms with Crippen LogP contribution in [0.25, 0.3) is 9.88 Å². The van der Waals surface area contributed by atoms with E-state index in [1.165, 1.54) is 11.3 Å². The number of thiazole rings is 1. The first-order valence-corrected chi connectivity index (χ1v) is 11.1. The molecule has 0 radical (unpaired) electrons. The minimum atomic E-state index is -4.49. The van der Waals surface area contributed by atoms with Crippen molar-refractivity contribution in [2.24, 2.45) is 0 Å². The van der Waals surface area contributed by atoms with Gasteiger partial charge >= 0.3 is 6.18 Å². The lowest BCUT2D eigenvalue weighted by molar-refractivity contribution is -0.137. The molecule has 1 fully saturated rings. The third-order valence-electron chi connectivity index (χ3n) is 4.74. The molecule has 0 saturated carbocycles. The number of anilines is 1. The first-order valence-electron chi connectivity index (χ1n) is 9.02. The summed E-state index contributed by atoms with van der Waals surface area (Å²) in [4.78, 5) is 26.6. The summed E-state index contributed by atoms with van der Waals surface area (Å²) in [6.45, 7) is 3.52. The smallest absolute Gasteiger partial charge is 0.352 e. The molecule has 1 amide bonds. The van der Waals surface area contributed by atoms with Gasteiger partial charge in [0.2, 0.25) is 0 Å². The number of halogens is 4. The van der Waals surface area contributed by atoms with Gasteiger partial charge < -0.3 is 9.80 Å². The normalized spacial score (nSPS) is 15.0. The highest BCUT2D eigenvalue weighted by Crippen LogP contribution is 2.34. The van der Waals surface area contributed by atoms with Crippen molar-refractivity contribution in [2.75, 3.05) is 31.1 Å². The van der Waals surface area contributed by atoms with Gasteiger partial charge in [0.15, 0.2) is 0 Å². The van der Waals surface area contributed by atoms with Crippen LogP contribution in [-0.4, -0.2) is 47.0 Å². The standard InChI is InChI=1S/C19H16ClF3N4OS2/c1-11-15(30-17(25-11)14-3-2-8-29-14)18(28)27-6-4-26(5-7-27)16-13(20)9-12(10-24-16)19(21,22)23/h2-3,8-10H,4-7H2,1H3. The third-order valence-corrected chi connectivity index (χ3v) is 7.20. The highest BCUT2D eigenvalue weighted by Gasteiger charge is 2.33. The van der Waals surface area contributed by atoms with E-state index in [2.05, 4.69) is 9.97 Å². The van der Waals surface area contributed by atoms with Crippen LogP contribution in [0.2, 0.25) is 5.02 Å². The number of thiophene rings is 1. The predicted molar refractivity (Wildman–Crippen MR) is 113 cm³/mol. The summed E-state index contributed by atoms with van der Waals surface area (Å²) < 4.78 is 38.4. The Hall–Kier alpha value is -2.17. The molecule has 4 rings (SSSR count). The van der Waals surface area contributed by atoms with Crippen LogP contribution in [0.5, 0.6) is 0 Å². The molecule has 3 aromatic rings. The number of piperazine rings is 1. The van der Waals surface area contributed by atoms with E-state index < -0.39 is 11.7 Å². The molecule has 1 aliphatic rings. The SMILES string of the molecule is Cc1nc(-c2cccs2)sc1C(=O)N1CCN(c2ncc(C(F)(F)F)cc2Cl)CC1. The maximum Gasteiger partial charge on any atom is 0.417 e. The van der Waals surface area contributed by atoms with Crippen molar-refractivity contribution in [1.29, 1.82) is 0 Å². The quantitative estimate of drug-likeness (QED) is 0.525. The van der Waals surface area contributed by atoms with Gasteiger partial charge in [0.25, 0.3) is 5.91 Å². The fraction of sp³-hybridized carbons (Fsp3) is 0.316. The molecule has 1 aliphatic heterocycles. The van der Waals surface area contributed by atoms with Crippen molar-refractivity contribution in [3.05, 3.63) is 50.9 Å². The van der Waals surface area contributed by atoms with Crippen LogP contribution in [0, 0.1) is 6.92 Å². The highest BCUT2D eigenvalue weighted by molar-refractivity contribution is 7.22. The van der Waals surface area contributed by atoms with Gasteiger partial charge in [-0.25, -0.2) is 9.97 Å². The summed E-state index contributed by atoms with van der Waals surface area (Å²) in [5.41, 5.74) is -0.185. The second kappa shape index (κ2) is 8.16. The molecular weight excluding hydrogens is 457 g/mol. The highest BCUT2D eigenvalue weighted by atomic mass is 35.5. The molecule has 3 aromatic heterocycles.